The van der Waals surface area contributed by atoms with Crippen molar-refractivity contribution < 1.29 is 18.5 Å². The Bertz CT molecular complexity index is 1190. The zero-order valence-corrected chi connectivity index (χ0v) is 24.5. The Hall–Kier alpha value is -1.96. The van der Waals surface area contributed by atoms with Gasteiger partial charge in [0.05, 0.1) is 12.6 Å². The minimum absolute atomic E-state index is 0.0889. The average molecular weight is 561 g/mol. The van der Waals surface area contributed by atoms with Crippen LogP contribution in [-0.4, -0.2) is 45.7 Å². The molecule has 5 atom stereocenters. The topological polar surface area (TPSA) is 76.0 Å². The maximum atomic E-state index is 13.1. The second-order valence-corrected chi connectivity index (χ2v) is 12.8. The molecule has 3 aliphatic rings. The Balaban J connectivity index is 1.64. The van der Waals surface area contributed by atoms with Crippen LogP contribution in [0.3, 0.4) is 0 Å². The lowest BCUT2D eigenvalue weighted by Gasteiger charge is -2.42. The molecule has 0 radical (unpaired) electrons. The molecule has 0 N–H and O–H groups in total. The SMILES string of the molecule is CC[C@H](C)C/[SH](=O)=N\C(=O)C1=CC=C2OCCCCc3cc(Cl)ccc3CN(C[C@@H]3CC[C@H]3C(C)=O)C2C1. The molecule has 0 bridgehead atoms. The first-order valence-electron chi connectivity index (χ1n) is 14.0. The molecule has 8 heteroatoms. The smallest absolute Gasteiger partial charge is 0.280 e. The van der Waals surface area contributed by atoms with E-state index in [1.54, 1.807) is 13.0 Å². The number of hydrogen-bond acceptors (Lipinski definition) is 5. The van der Waals surface area contributed by atoms with Gasteiger partial charge in [-0.3, -0.25) is 18.7 Å². The van der Waals surface area contributed by atoms with Crippen LogP contribution < -0.4 is 0 Å². The van der Waals surface area contributed by atoms with E-state index in [0.717, 1.165) is 55.9 Å². The first-order valence-corrected chi connectivity index (χ1v) is 15.8. The van der Waals surface area contributed by atoms with Gasteiger partial charge in [0.2, 0.25) is 0 Å². The van der Waals surface area contributed by atoms with Gasteiger partial charge in [0.1, 0.15) is 11.5 Å². The van der Waals surface area contributed by atoms with Crippen molar-refractivity contribution in [3.8, 4) is 0 Å². The lowest BCUT2D eigenvalue weighted by atomic mass is 9.71. The number of rotatable bonds is 7. The maximum Gasteiger partial charge on any atom is 0.280 e. The van der Waals surface area contributed by atoms with E-state index in [2.05, 4.69) is 21.4 Å². The molecule has 1 aromatic carbocycles. The molecule has 1 heterocycles. The number of ether oxygens (including phenoxy) is 1. The quantitative estimate of drug-likeness (QED) is 0.418. The van der Waals surface area contributed by atoms with Gasteiger partial charge in [-0.05, 0) is 86.3 Å². The van der Waals surface area contributed by atoms with Gasteiger partial charge < -0.3 is 4.74 Å². The monoisotopic (exact) mass is 560 g/mol. The molecule has 2 aliphatic carbocycles. The molecule has 1 amide bonds. The third kappa shape index (κ3) is 7.36. The number of carbonyl (C=O) groups is 2. The number of carbonyl (C=O) groups excluding carboxylic acids is 2. The lowest BCUT2D eigenvalue weighted by Crippen LogP contribution is -2.46. The Morgan fingerprint density at radius 2 is 2.03 bits per heavy atom. The first kappa shape index (κ1) is 29.0. The van der Waals surface area contributed by atoms with Crippen LogP contribution in [0.1, 0.15) is 70.4 Å². The van der Waals surface area contributed by atoms with E-state index >= 15 is 0 Å². The van der Waals surface area contributed by atoms with Crippen molar-refractivity contribution >= 4 is 33.9 Å². The minimum Gasteiger partial charge on any atom is -0.496 e. The Morgan fingerprint density at radius 3 is 2.74 bits per heavy atom. The van der Waals surface area contributed by atoms with Gasteiger partial charge in [-0.15, -0.1) is 0 Å². The normalized spacial score (nSPS) is 25.8. The molecule has 1 aliphatic heterocycles. The summed E-state index contributed by atoms with van der Waals surface area (Å²) >= 11 is 6.36. The molecule has 1 saturated carbocycles. The first-order chi connectivity index (χ1) is 18.2. The van der Waals surface area contributed by atoms with Crippen LogP contribution in [0.25, 0.3) is 0 Å². The van der Waals surface area contributed by atoms with Crippen LogP contribution in [0, 0.1) is 17.8 Å². The molecule has 0 spiro atoms. The van der Waals surface area contributed by atoms with Crippen molar-refractivity contribution in [1.29, 1.82) is 0 Å². The predicted molar refractivity (Wildman–Crippen MR) is 154 cm³/mol. The molecule has 1 fully saturated rings. The largest absolute Gasteiger partial charge is 0.496 e. The number of hydrogen-bond donors (Lipinski definition) is 1. The summed E-state index contributed by atoms with van der Waals surface area (Å²) in [7, 11) is -1.93. The molecular formula is C30H41ClN2O4S. The van der Waals surface area contributed by atoms with Gasteiger partial charge in [-0.1, -0.05) is 37.9 Å². The molecule has 0 aromatic heterocycles. The Kier molecular flexibility index (Phi) is 10.2. The summed E-state index contributed by atoms with van der Waals surface area (Å²) in [5.74, 6) is 1.77. The summed E-state index contributed by atoms with van der Waals surface area (Å²) in [6, 6.07) is 5.96. The summed E-state index contributed by atoms with van der Waals surface area (Å²) in [4.78, 5) is 27.7. The molecule has 6 nitrogen and oxygen atoms in total. The van der Waals surface area contributed by atoms with Crippen LogP contribution >= 0.6 is 11.6 Å². The number of aryl methyl sites for hydroxylation is 1. The highest BCUT2D eigenvalue weighted by molar-refractivity contribution is 7.75. The average Bonchev–Trinajstić information content (AvgIpc) is 2.88. The number of fused-ring (bicyclic) bond motifs is 2. The number of nitrogens with zero attached hydrogens (tertiary/aromatic N) is 2. The second-order valence-electron chi connectivity index (χ2n) is 11.1. The van der Waals surface area contributed by atoms with Crippen LogP contribution in [0.5, 0.6) is 0 Å². The van der Waals surface area contributed by atoms with Gasteiger partial charge >= 0.3 is 0 Å². The van der Waals surface area contributed by atoms with E-state index in [4.69, 9.17) is 16.3 Å². The number of ketones is 1. The highest BCUT2D eigenvalue weighted by Crippen LogP contribution is 2.38. The van der Waals surface area contributed by atoms with Crippen molar-refractivity contribution in [2.75, 3.05) is 18.9 Å². The molecule has 38 heavy (non-hydrogen) atoms. The zero-order valence-electron chi connectivity index (χ0n) is 22.8. The van der Waals surface area contributed by atoms with E-state index in [9.17, 15) is 13.8 Å². The molecular weight excluding hydrogens is 520 g/mol. The summed E-state index contributed by atoms with van der Waals surface area (Å²) in [6.07, 6.45) is 9.86. The predicted octanol–water partition coefficient (Wildman–Crippen LogP) is 5.93. The van der Waals surface area contributed by atoms with Gasteiger partial charge in [0.15, 0.2) is 0 Å². The van der Waals surface area contributed by atoms with Crippen molar-refractivity contribution in [2.24, 2.45) is 22.1 Å². The van der Waals surface area contributed by atoms with E-state index in [0.29, 0.717) is 30.9 Å². The fraction of sp³-hybridized carbons (Fsp3) is 0.600. The number of benzene rings is 1. The van der Waals surface area contributed by atoms with Crippen LogP contribution in [0.2, 0.25) is 5.02 Å². The van der Waals surface area contributed by atoms with Gasteiger partial charge in [0, 0.05) is 52.4 Å². The highest BCUT2D eigenvalue weighted by Gasteiger charge is 2.38. The van der Waals surface area contributed by atoms with E-state index in [1.807, 2.05) is 26.0 Å². The van der Waals surface area contributed by atoms with E-state index in [1.165, 1.54) is 11.1 Å². The summed E-state index contributed by atoms with van der Waals surface area (Å²) < 4.78 is 22.9. The molecule has 1 aromatic rings. The number of amides is 1. The van der Waals surface area contributed by atoms with Crippen molar-refractivity contribution in [3.63, 3.8) is 0 Å². The summed E-state index contributed by atoms with van der Waals surface area (Å²) in [6.45, 7) is 7.80. The standard InChI is InChI=1S/C30H41ClN2O4S/c1-4-20(2)19-38(36)32-30(35)23-10-13-29-28(16-23)33(18-25-9-12-27(25)21(3)34)17-24-8-11-26(31)15-22(24)7-5-6-14-37-29/h8,10-11,13,15,20,25,27-28,38H,4-7,9,12,14,16-19H2,1-3H3/t20-,25-,27-,28?/m0/s1. The fourth-order valence-corrected chi connectivity index (χ4v) is 7.02. The van der Waals surface area contributed by atoms with Crippen LogP contribution in [0.15, 0.2) is 46.0 Å². The fourth-order valence-electron chi connectivity index (χ4n) is 5.62. The molecule has 2 unspecified atom stereocenters. The summed E-state index contributed by atoms with van der Waals surface area (Å²) in [5, 5.41) is 0.735. The zero-order chi connectivity index (χ0) is 27.2. The number of Topliss-reactive ketones (excluding diaryl/α,β-unsaturated/α-hetero) is 1. The number of thiol groups is 1. The Labute approximate surface area is 234 Å². The minimum atomic E-state index is -1.93. The molecule has 0 saturated heterocycles. The van der Waals surface area contributed by atoms with E-state index < -0.39 is 16.5 Å². The van der Waals surface area contributed by atoms with Crippen molar-refractivity contribution in [1.82, 2.24) is 4.90 Å². The van der Waals surface area contributed by atoms with Gasteiger partial charge in [-0.25, -0.2) is 0 Å². The highest BCUT2D eigenvalue weighted by atomic mass is 35.5. The third-order valence-corrected chi connectivity index (χ3v) is 9.91. The van der Waals surface area contributed by atoms with Gasteiger partial charge in [0.25, 0.3) is 5.91 Å². The lowest BCUT2D eigenvalue weighted by molar-refractivity contribution is -0.126. The van der Waals surface area contributed by atoms with Crippen LogP contribution in [0.4, 0.5) is 0 Å². The van der Waals surface area contributed by atoms with Crippen molar-refractivity contribution in [2.45, 2.75) is 78.3 Å². The Morgan fingerprint density at radius 1 is 1.21 bits per heavy atom. The van der Waals surface area contributed by atoms with Gasteiger partial charge in [-0.2, -0.15) is 4.36 Å². The number of halogens is 1. The summed E-state index contributed by atoms with van der Waals surface area (Å²) in [5.41, 5.74) is 3.02. The molecule has 4 rings (SSSR count). The number of allylic oxidation sites excluding steroid dienone is 2. The van der Waals surface area contributed by atoms with Crippen LogP contribution in [-0.2, 0) is 37.9 Å². The molecule has 208 valence electrons. The maximum absolute atomic E-state index is 13.1. The second kappa shape index (κ2) is 13.4. The van der Waals surface area contributed by atoms with Crippen molar-refractivity contribution in [3.05, 3.63) is 57.8 Å². The van der Waals surface area contributed by atoms with E-state index in [-0.39, 0.29) is 29.6 Å². The third-order valence-electron chi connectivity index (χ3n) is 8.33.